The average molecular weight is 557 g/mol. The SMILES string of the molecule is COc1cccc2c1C(=O)c1c(O)c3c(c(O)c1C2=O)C[C@@](N=O)(C(=O)CO)C[C@@H]3OC1C[C@H](N)[C@@H](O)[C@H](C)O1. The third kappa shape index (κ3) is 4.00. The lowest BCUT2D eigenvalue weighted by Crippen LogP contribution is -2.52. The summed E-state index contributed by atoms with van der Waals surface area (Å²) < 4.78 is 17.0. The molecule has 2 aliphatic carbocycles. The van der Waals surface area contributed by atoms with Gasteiger partial charge in [-0.05, 0) is 13.0 Å². The maximum absolute atomic E-state index is 13.7. The molecule has 212 valence electrons. The van der Waals surface area contributed by atoms with E-state index >= 15 is 0 Å². The highest BCUT2D eigenvalue weighted by atomic mass is 16.7. The number of benzene rings is 2. The summed E-state index contributed by atoms with van der Waals surface area (Å²) in [6.07, 6.45) is -5.28. The number of aliphatic hydroxyl groups is 2. The minimum Gasteiger partial charge on any atom is -0.507 e. The molecule has 6 atom stereocenters. The van der Waals surface area contributed by atoms with Crippen molar-refractivity contribution in [3.05, 3.63) is 56.5 Å². The van der Waals surface area contributed by atoms with Crippen LogP contribution in [0.1, 0.15) is 68.8 Å². The topological polar surface area (TPSA) is 215 Å². The summed E-state index contributed by atoms with van der Waals surface area (Å²) in [5.74, 6) is -3.88. The van der Waals surface area contributed by atoms with Gasteiger partial charge in [-0.15, -0.1) is 4.91 Å². The molecule has 1 fully saturated rings. The zero-order valence-electron chi connectivity index (χ0n) is 21.6. The lowest BCUT2D eigenvalue weighted by molar-refractivity contribution is -0.243. The van der Waals surface area contributed by atoms with Crippen molar-refractivity contribution in [1.82, 2.24) is 0 Å². The molecular weight excluding hydrogens is 528 g/mol. The molecule has 2 aromatic rings. The largest absolute Gasteiger partial charge is 0.507 e. The standard InChI is InChI=1S/C27H28N2O11/c1-10-22(32)13(28)6-17(39-10)40-15-8-27(29-37,16(31)9-30)7-12-19(15)26(36)21-20(24(12)34)23(33)11-4-3-5-14(38-2)18(11)25(21)35/h3-5,10,13,15,17,22,30,32,34,36H,6-9,28H2,1-2H3/t10-,13-,15-,17?,22-,27-/m0/s1. The summed E-state index contributed by atoms with van der Waals surface area (Å²) in [5.41, 5.74) is 2.36. The van der Waals surface area contributed by atoms with Crippen molar-refractivity contribution >= 4 is 17.3 Å². The van der Waals surface area contributed by atoms with Crippen molar-refractivity contribution in [2.75, 3.05) is 13.7 Å². The molecule has 1 aliphatic heterocycles. The van der Waals surface area contributed by atoms with Crippen LogP contribution in [0.4, 0.5) is 0 Å². The Labute approximate surface area is 227 Å². The van der Waals surface area contributed by atoms with Crippen LogP contribution >= 0.6 is 0 Å². The summed E-state index contributed by atoms with van der Waals surface area (Å²) in [7, 11) is 1.31. The Hall–Kier alpha value is -3.75. The smallest absolute Gasteiger partial charge is 0.202 e. The first kappa shape index (κ1) is 27.8. The molecule has 40 heavy (non-hydrogen) atoms. The van der Waals surface area contributed by atoms with Gasteiger partial charge in [-0.3, -0.25) is 14.4 Å². The molecule has 0 radical (unpaired) electrons. The first-order valence-electron chi connectivity index (χ1n) is 12.6. The highest BCUT2D eigenvalue weighted by Crippen LogP contribution is 2.53. The van der Waals surface area contributed by atoms with E-state index in [0.717, 1.165) is 0 Å². The summed E-state index contributed by atoms with van der Waals surface area (Å²) in [6.45, 7) is 0.514. The molecule has 0 spiro atoms. The Balaban J connectivity index is 1.71. The third-order valence-electron chi connectivity index (χ3n) is 7.98. The normalized spacial score (nSPS) is 29.3. The lowest BCUT2D eigenvalue weighted by atomic mass is 9.70. The summed E-state index contributed by atoms with van der Waals surface area (Å²) >= 11 is 0. The Morgan fingerprint density at radius 2 is 1.88 bits per heavy atom. The highest BCUT2D eigenvalue weighted by Gasteiger charge is 2.52. The van der Waals surface area contributed by atoms with Gasteiger partial charge in [0.05, 0.1) is 42.1 Å². The number of phenols is 2. The van der Waals surface area contributed by atoms with Crippen molar-refractivity contribution in [2.24, 2.45) is 10.9 Å². The Morgan fingerprint density at radius 3 is 2.50 bits per heavy atom. The van der Waals surface area contributed by atoms with Crippen LogP contribution in [0, 0.1) is 4.91 Å². The number of carbonyl (C=O) groups excluding carboxylic acids is 3. The molecule has 13 nitrogen and oxygen atoms in total. The maximum atomic E-state index is 13.7. The zero-order chi connectivity index (χ0) is 29.1. The van der Waals surface area contributed by atoms with E-state index in [9.17, 15) is 39.7 Å². The molecule has 0 aromatic heterocycles. The molecule has 3 aliphatic rings. The van der Waals surface area contributed by atoms with Crippen molar-refractivity contribution in [3.63, 3.8) is 0 Å². The van der Waals surface area contributed by atoms with Gasteiger partial charge in [0.2, 0.25) is 5.78 Å². The van der Waals surface area contributed by atoms with Gasteiger partial charge in [0.1, 0.15) is 23.9 Å². The van der Waals surface area contributed by atoms with E-state index in [1.165, 1.54) is 25.3 Å². The molecule has 0 amide bonds. The number of methoxy groups -OCH3 is 1. The summed E-state index contributed by atoms with van der Waals surface area (Å²) in [4.78, 5) is 52.1. The van der Waals surface area contributed by atoms with Crippen LogP contribution in [0.25, 0.3) is 0 Å². The molecule has 0 saturated carbocycles. The number of aliphatic hydroxyl groups excluding tert-OH is 2. The van der Waals surface area contributed by atoms with E-state index < -0.39 is 95.6 Å². The number of aromatic hydroxyl groups is 2. The number of carbonyl (C=O) groups is 3. The lowest BCUT2D eigenvalue weighted by Gasteiger charge is -2.41. The van der Waals surface area contributed by atoms with Gasteiger partial charge < -0.3 is 40.4 Å². The molecule has 6 N–H and O–H groups in total. The Morgan fingerprint density at radius 1 is 1.18 bits per heavy atom. The van der Waals surface area contributed by atoms with E-state index in [1.54, 1.807) is 6.92 Å². The number of hydrogen-bond acceptors (Lipinski definition) is 13. The van der Waals surface area contributed by atoms with Crippen molar-refractivity contribution < 1.29 is 49.0 Å². The number of fused-ring (bicyclic) bond motifs is 3. The van der Waals surface area contributed by atoms with Gasteiger partial charge in [-0.25, -0.2) is 0 Å². The van der Waals surface area contributed by atoms with Crippen molar-refractivity contribution in [3.8, 4) is 17.2 Å². The number of phenolic OH excluding ortho intramolecular Hbond substituents is 2. The number of ketones is 3. The van der Waals surface area contributed by atoms with Crippen molar-refractivity contribution in [1.29, 1.82) is 0 Å². The molecule has 1 heterocycles. The fraction of sp³-hybridized carbons (Fsp3) is 0.444. The molecule has 5 rings (SSSR count). The van der Waals surface area contributed by atoms with Gasteiger partial charge in [0.25, 0.3) is 0 Å². The zero-order valence-corrected chi connectivity index (χ0v) is 21.6. The van der Waals surface area contributed by atoms with E-state index in [-0.39, 0.29) is 34.4 Å². The summed E-state index contributed by atoms with van der Waals surface area (Å²) in [5, 5.41) is 45.7. The van der Waals surface area contributed by atoms with E-state index in [0.29, 0.717) is 0 Å². The van der Waals surface area contributed by atoms with Gasteiger partial charge >= 0.3 is 0 Å². The van der Waals surface area contributed by atoms with Crippen LogP contribution in [0.5, 0.6) is 17.2 Å². The predicted octanol–water partition coefficient (Wildman–Crippen LogP) is 0.775. The fourth-order valence-corrected chi connectivity index (χ4v) is 5.87. The third-order valence-corrected chi connectivity index (χ3v) is 7.98. The number of nitrogens with zero attached hydrogens (tertiary/aromatic N) is 1. The molecule has 0 bridgehead atoms. The van der Waals surface area contributed by atoms with Crippen LogP contribution in [-0.2, 0) is 20.7 Å². The minimum absolute atomic E-state index is 0.00746. The second kappa shape index (κ2) is 10.0. The predicted molar refractivity (Wildman–Crippen MR) is 135 cm³/mol. The Bertz CT molecular complexity index is 1430. The number of hydrogen-bond donors (Lipinski definition) is 5. The quantitative estimate of drug-likeness (QED) is 0.210. The van der Waals surface area contributed by atoms with Gasteiger partial charge in [-0.1, -0.05) is 17.3 Å². The molecular formula is C27H28N2O11. The fourth-order valence-electron chi connectivity index (χ4n) is 5.87. The molecule has 13 heteroatoms. The highest BCUT2D eigenvalue weighted by molar-refractivity contribution is 6.31. The van der Waals surface area contributed by atoms with Crippen molar-refractivity contribution in [2.45, 2.75) is 62.4 Å². The molecule has 2 aromatic carbocycles. The first-order valence-corrected chi connectivity index (χ1v) is 12.6. The first-order chi connectivity index (χ1) is 19.0. The Kier molecular flexibility index (Phi) is 6.96. The average Bonchev–Trinajstić information content (AvgIpc) is 2.94. The van der Waals surface area contributed by atoms with E-state index in [1.807, 2.05) is 0 Å². The van der Waals surface area contributed by atoms with E-state index in [2.05, 4.69) is 5.18 Å². The minimum atomic E-state index is -2.13. The van der Waals surface area contributed by atoms with E-state index in [4.69, 9.17) is 19.9 Å². The molecule has 1 unspecified atom stereocenters. The number of Topliss-reactive ketones (excluding diaryl/α,β-unsaturated/α-hetero) is 1. The summed E-state index contributed by atoms with van der Waals surface area (Å²) in [6, 6.07) is 3.58. The second-order valence-electron chi connectivity index (χ2n) is 10.3. The van der Waals surface area contributed by atoms with Crippen LogP contribution in [0.3, 0.4) is 0 Å². The van der Waals surface area contributed by atoms with Gasteiger partial charge in [0.15, 0.2) is 23.4 Å². The van der Waals surface area contributed by atoms with Gasteiger partial charge in [-0.2, -0.15) is 0 Å². The second-order valence-corrected chi connectivity index (χ2v) is 10.3. The number of rotatable bonds is 6. The van der Waals surface area contributed by atoms with Crippen LogP contribution < -0.4 is 10.5 Å². The van der Waals surface area contributed by atoms with Crippen LogP contribution in [0.15, 0.2) is 23.4 Å². The van der Waals surface area contributed by atoms with Crippen LogP contribution in [-0.4, -0.2) is 81.6 Å². The number of nitroso groups, excluding NO2 is 1. The molecule has 1 saturated heterocycles. The monoisotopic (exact) mass is 556 g/mol. The van der Waals surface area contributed by atoms with Crippen LogP contribution in [0.2, 0.25) is 0 Å². The maximum Gasteiger partial charge on any atom is 0.202 e. The van der Waals surface area contributed by atoms with Gasteiger partial charge in [0, 0.05) is 42.0 Å². The number of ether oxygens (including phenoxy) is 3. The number of nitrogens with two attached hydrogens (primary N) is 1.